The maximum absolute atomic E-state index is 12.8. The van der Waals surface area contributed by atoms with Crippen LogP contribution < -0.4 is 4.90 Å². The van der Waals surface area contributed by atoms with E-state index in [2.05, 4.69) is 9.97 Å². The van der Waals surface area contributed by atoms with Gasteiger partial charge in [0.1, 0.15) is 5.82 Å². The molecule has 0 spiro atoms. The average molecular weight is 354 g/mol. The number of amides is 1. The summed E-state index contributed by atoms with van der Waals surface area (Å²) in [5.74, 6) is 1.33. The minimum atomic E-state index is 0.0884. The van der Waals surface area contributed by atoms with E-state index in [1.165, 1.54) is 0 Å². The molecule has 0 saturated carbocycles. The Morgan fingerprint density at radius 1 is 1.27 bits per heavy atom. The van der Waals surface area contributed by atoms with Crippen LogP contribution in [0, 0.1) is 5.92 Å². The SMILES string of the molecule is COC[C@@H]1CCCN(C(=O)c2ccc(-c3cncc(N(C)C)n3)cc2)C1. The number of rotatable bonds is 5. The molecule has 0 radical (unpaired) electrons. The lowest BCUT2D eigenvalue weighted by atomic mass is 9.98. The second kappa shape index (κ2) is 8.27. The number of hydrogen-bond donors (Lipinski definition) is 0. The Bertz CT molecular complexity index is 744. The van der Waals surface area contributed by atoms with Crippen LogP contribution in [-0.2, 0) is 4.74 Å². The molecular weight excluding hydrogens is 328 g/mol. The first-order chi connectivity index (χ1) is 12.6. The molecule has 1 atom stereocenters. The molecule has 138 valence electrons. The van der Waals surface area contributed by atoms with Crippen molar-refractivity contribution in [1.82, 2.24) is 14.9 Å². The lowest BCUT2D eigenvalue weighted by molar-refractivity contribution is 0.0571. The summed E-state index contributed by atoms with van der Waals surface area (Å²) in [7, 11) is 5.59. The first-order valence-electron chi connectivity index (χ1n) is 8.96. The molecule has 1 aromatic heterocycles. The van der Waals surface area contributed by atoms with Crippen molar-refractivity contribution >= 4 is 11.7 Å². The summed E-state index contributed by atoms with van der Waals surface area (Å²) in [5.41, 5.74) is 2.46. The Morgan fingerprint density at radius 3 is 2.73 bits per heavy atom. The van der Waals surface area contributed by atoms with Crippen LogP contribution in [0.4, 0.5) is 5.82 Å². The zero-order chi connectivity index (χ0) is 18.5. The van der Waals surface area contributed by atoms with Crippen LogP contribution in [0.1, 0.15) is 23.2 Å². The van der Waals surface area contributed by atoms with E-state index in [0.717, 1.165) is 43.0 Å². The third-order valence-corrected chi connectivity index (χ3v) is 4.72. The number of benzene rings is 1. The number of anilines is 1. The van der Waals surface area contributed by atoms with E-state index in [1.54, 1.807) is 19.5 Å². The van der Waals surface area contributed by atoms with Crippen LogP contribution in [0.15, 0.2) is 36.7 Å². The quantitative estimate of drug-likeness (QED) is 0.826. The molecule has 1 saturated heterocycles. The molecule has 6 heteroatoms. The smallest absolute Gasteiger partial charge is 0.253 e. The van der Waals surface area contributed by atoms with Gasteiger partial charge < -0.3 is 14.5 Å². The lowest BCUT2D eigenvalue weighted by Crippen LogP contribution is -2.41. The highest BCUT2D eigenvalue weighted by Gasteiger charge is 2.24. The van der Waals surface area contributed by atoms with E-state index in [0.29, 0.717) is 18.1 Å². The van der Waals surface area contributed by atoms with Gasteiger partial charge in [0.25, 0.3) is 5.91 Å². The molecule has 2 heterocycles. The van der Waals surface area contributed by atoms with E-state index >= 15 is 0 Å². The molecule has 1 aliphatic heterocycles. The third-order valence-electron chi connectivity index (χ3n) is 4.72. The van der Waals surface area contributed by atoms with Crippen molar-refractivity contribution in [1.29, 1.82) is 0 Å². The van der Waals surface area contributed by atoms with Gasteiger partial charge >= 0.3 is 0 Å². The molecule has 0 bridgehead atoms. The van der Waals surface area contributed by atoms with Gasteiger partial charge in [-0.1, -0.05) is 12.1 Å². The molecule has 1 fully saturated rings. The third kappa shape index (κ3) is 4.19. The summed E-state index contributed by atoms with van der Waals surface area (Å²) in [6, 6.07) is 7.63. The highest BCUT2D eigenvalue weighted by Crippen LogP contribution is 2.22. The van der Waals surface area contributed by atoms with E-state index in [4.69, 9.17) is 4.74 Å². The van der Waals surface area contributed by atoms with E-state index in [1.807, 2.05) is 48.2 Å². The topological polar surface area (TPSA) is 58.6 Å². The van der Waals surface area contributed by atoms with Crippen molar-refractivity contribution in [3.8, 4) is 11.3 Å². The van der Waals surface area contributed by atoms with Crippen molar-refractivity contribution < 1.29 is 9.53 Å². The normalized spacial score (nSPS) is 17.2. The maximum atomic E-state index is 12.8. The number of carbonyl (C=O) groups excluding carboxylic acids is 1. The molecule has 0 N–H and O–H groups in total. The molecule has 0 unspecified atom stereocenters. The zero-order valence-electron chi connectivity index (χ0n) is 15.7. The van der Waals surface area contributed by atoms with Gasteiger partial charge in [-0.25, -0.2) is 4.98 Å². The fourth-order valence-electron chi connectivity index (χ4n) is 3.30. The number of nitrogens with zero attached hydrogens (tertiary/aromatic N) is 4. The molecule has 1 amide bonds. The van der Waals surface area contributed by atoms with Crippen LogP contribution in [0.3, 0.4) is 0 Å². The summed E-state index contributed by atoms with van der Waals surface area (Å²) in [4.78, 5) is 25.5. The first-order valence-corrected chi connectivity index (χ1v) is 8.96. The average Bonchev–Trinajstić information content (AvgIpc) is 2.68. The number of piperidine rings is 1. The van der Waals surface area contributed by atoms with E-state index in [-0.39, 0.29) is 5.91 Å². The van der Waals surface area contributed by atoms with Crippen LogP contribution in [0.25, 0.3) is 11.3 Å². The van der Waals surface area contributed by atoms with Crippen molar-refractivity contribution in [3.05, 3.63) is 42.2 Å². The van der Waals surface area contributed by atoms with Crippen LogP contribution >= 0.6 is 0 Å². The van der Waals surface area contributed by atoms with Gasteiger partial charge in [0.15, 0.2) is 0 Å². The number of carbonyl (C=O) groups is 1. The van der Waals surface area contributed by atoms with Crippen molar-refractivity contribution in [2.45, 2.75) is 12.8 Å². The summed E-state index contributed by atoms with van der Waals surface area (Å²) < 4.78 is 5.25. The summed E-state index contributed by atoms with van der Waals surface area (Å²) in [6.45, 7) is 2.30. The number of hydrogen-bond acceptors (Lipinski definition) is 5. The lowest BCUT2D eigenvalue weighted by Gasteiger charge is -2.32. The van der Waals surface area contributed by atoms with E-state index in [9.17, 15) is 4.79 Å². The first kappa shape index (κ1) is 18.3. The van der Waals surface area contributed by atoms with Crippen LogP contribution in [-0.4, -0.2) is 61.7 Å². The van der Waals surface area contributed by atoms with Crippen LogP contribution in [0.2, 0.25) is 0 Å². The Kier molecular flexibility index (Phi) is 5.83. The predicted molar refractivity (Wildman–Crippen MR) is 102 cm³/mol. The summed E-state index contributed by atoms with van der Waals surface area (Å²) in [5, 5.41) is 0. The summed E-state index contributed by atoms with van der Waals surface area (Å²) in [6.07, 6.45) is 5.63. The highest BCUT2D eigenvalue weighted by molar-refractivity contribution is 5.94. The van der Waals surface area contributed by atoms with Crippen LogP contribution in [0.5, 0.6) is 0 Å². The van der Waals surface area contributed by atoms with Gasteiger partial charge in [-0.3, -0.25) is 9.78 Å². The van der Waals surface area contributed by atoms with E-state index < -0.39 is 0 Å². The Hall–Kier alpha value is -2.47. The van der Waals surface area contributed by atoms with Crippen molar-refractivity contribution in [2.75, 3.05) is 45.8 Å². The van der Waals surface area contributed by atoms with Gasteiger partial charge in [-0.2, -0.15) is 0 Å². The van der Waals surface area contributed by atoms with Gasteiger partial charge in [0.05, 0.1) is 24.7 Å². The second-order valence-electron chi connectivity index (χ2n) is 6.95. The van der Waals surface area contributed by atoms with Crippen molar-refractivity contribution in [3.63, 3.8) is 0 Å². The van der Waals surface area contributed by atoms with Gasteiger partial charge in [0.2, 0.25) is 0 Å². The molecule has 6 nitrogen and oxygen atoms in total. The Balaban J connectivity index is 1.73. The molecule has 26 heavy (non-hydrogen) atoms. The highest BCUT2D eigenvalue weighted by atomic mass is 16.5. The standard InChI is InChI=1S/C20H26N4O2/c1-23(2)19-12-21-11-18(22-19)16-6-8-17(9-7-16)20(25)24-10-4-5-15(13-24)14-26-3/h6-9,11-12,15H,4-5,10,13-14H2,1-3H3/t15-/m1/s1. The largest absolute Gasteiger partial charge is 0.384 e. The monoisotopic (exact) mass is 354 g/mol. The predicted octanol–water partition coefficient (Wildman–Crippen LogP) is 2.71. The molecule has 3 rings (SSSR count). The number of aromatic nitrogens is 2. The molecular formula is C20H26N4O2. The minimum Gasteiger partial charge on any atom is -0.384 e. The summed E-state index contributed by atoms with van der Waals surface area (Å²) >= 11 is 0. The minimum absolute atomic E-state index is 0.0884. The molecule has 2 aromatic rings. The maximum Gasteiger partial charge on any atom is 0.253 e. The fraction of sp³-hybridized carbons (Fsp3) is 0.450. The number of likely N-dealkylation sites (tertiary alicyclic amines) is 1. The zero-order valence-corrected chi connectivity index (χ0v) is 15.7. The van der Waals surface area contributed by atoms with Gasteiger partial charge in [0, 0.05) is 45.4 Å². The number of ether oxygens (including phenoxy) is 1. The number of methoxy groups -OCH3 is 1. The molecule has 1 aromatic carbocycles. The van der Waals surface area contributed by atoms with Gasteiger partial charge in [-0.15, -0.1) is 0 Å². The Labute approximate surface area is 154 Å². The second-order valence-corrected chi connectivity index (χ2v) is 6.95. The molecule has 0 aliphatic carbocycles. The molecule has 1 aliphatic rings. The fourth-order valence-corrected chi connectivity index (χ4v) is 3.30. The van der Waals surface area contributed by atoms with Gasteiger partial charge in [-0.05, 0) is 30.9 Å². The Morgan fingerprint density at radius 2 is 2.04 bits per heavy atom. The van der Waals surface area contributed by atoms with Crippen molar-refractivity contribution in [2.24, 2.45) is 5.92 Å².